The Kier molecular flexibility index (Phi) is 9.18. The van der Waals surface area contributed by atoms with Crippen molar-refractivity contribution in [3.63, 3.8) is 0 Å². The van der Waals surface area contributed by atoms with Crippen molar-refractivity contribution in [3.05, 3.63) is 72.3 Å². The third-order valence-electron chi connectivity index (χ3n) is 6.86. The first-order valence-electron chi connectivity index (χ1n) is 12.2. The van der Waals surface area contributed by atoms with Crippen molar-refractivity contribution in [3.8, 4) is 17.6 Å². The molecule has 0 saturated heterocycles. The monoisotopic (exact) mass is 569 g/mol. The van der Waals surface area contributed by atoms with Gasteiger partial charge in [0.2, 0.25) is 6.10 Å². The Morgan fingerprint density at radius 2 is 1.55 bits per heavy atom. The molecule has 40 heavy (non-hydrogen) atoms. The van der Waals surface area contributed by atoms with Crippen LogP contribution in [0.1, 0.15) is 38.4 Å². The first-order valence-corrected chi connectivity index (χ1v) is 12.2. The minimum Gasteiger partial charge on any atom is -0.457 e. The molecule has 1 fully saturated rings. The summed E-state index contributed by atoms with van der Waals surface area (Å²) in [4.78, 5) is 24.9. The Morgan fingerprint density at radius 1 is 0.950 bits per heavy atom. The Balaban J connectivity index is 1.73. The van der Waals surface area contributed by atoms with Crippen LogP contribution in [0.5, 0.6) is 11.5 Å². The highest BCUT2D eigenvalue weighted by Gasteiger charge is 2.65. The predicted octanol–water partition coefficient (Wildman–Crippen LogP) is 7.23. The number of ether oxygens (including phenoxy) is 3. The van der Waals surface area contributed by atoms with Crippen LogP contribution in [0.15, 0.2) is 66.7 Å². The standard InChI is InChI=1S/C28H25F6NO5/c1-3-26(4-2)20(13-14-22(36)40-25(27(29,30)31)28(32,33)34)23(26)24(37)39-21(16-35)17-9-8-12-19(15-17)38-18-10-6-5-7-11-18/h5-15,20-21,23,25H,3-4H2,1-2H3/b14-13-/t20-,21+,23-/m0/s1. The number of halogens is 6. The number of carbonyl (C=O) groups is 2. The van der Waals surface area contributed by atoms with E-state index in [-0.39, 0.29) is 0 Å². The van der Waals surface area contributed by atoms with Gasteiger partial charge < -0.3 is 14.2 Å². The second kappa shape index (κ2) is 12.0. The zero-order valence-electron chi connectivity index (χ0n) is 21.3. The van der Waals surface area contributed by atoms with E-state index >= 15 is 0 Å². The summed E-state index contributed by atoms with van der Waals surface area (Å²) in [6.07, 6.45) is -15.0. The number of alkyl halides is 6. The maximum Gasteiger partial charge on any atom is 0.434 e. The number of benzene rings is 2. The van der Waals surface area contributed by atoms with Gasteiger partial charge in [0, 0.05) is 11.6 Å². The lowest BCUT2D eigenvalue weighted by atomic mass is 9.95. The van der Waals surface area contributed by atoms with Crippen LogP contribution in [-0.2, 0) is 19.1 Å². The van der Waals surface area contributed by atoms with Crippen LogP contribution in [-0.4, -0.2) is 30.4 Å². The molecule has 3 atom stereocenters. The molecular formula is C28H25F6NO5. The van der Waals surface area contributed by atoms with E-state index in [1.165, 1.54) is 6.07 Å². The molecule has 0 spiro atoms. The Morgan fingerprint density at radius 3 is 2.10 bits per heavy atom. The number of nitrogens with zero attached hydrogens (tertiary/aromatic N) is 1. The predicted molar refractivity (Wildman–Crippen MR) is 129 cm³/mol. The van der Waals surface area contributed by atoms with Gasteiger partial charge in [0.25, 0.3) is 6.10 Å². The maximum absolute atomic E-state index is 13.1. The molecule has 0 bridgehead atoms. The van der Waals surface area contributed by atoms with Crippen LogP contribution in [0.2, 0.25) is 0 Å². The molecule has 6 nitrogen and oxygen atoms in total. The fourth-order valence-corrected chi connectivity index (χ4v) is 4.75. The van der Waals surface area contributed by atoms with E-state index in [9.17, 15) is 41.2 Å². The smallest absolute Gasteiger partial charge is 0.434 e. The van der Waals surface area contributed by atoms with Crippen molar-refractivity contribution in [2.24, 2.45) is 17.3 Å². The summed E-state index contributed by atoms with van der Waals surface area (Å²) in [5, 5.41) is 9.69. The Labute approximate surface area is 226 Å². The summed E-state index contributed by atoms with van der Waals surface area (Å²) in [5.41, 5.74) is -0.441. The van der Waals surface area contributed by atoms with Gasteiger partial charge in [-0.2, -0.15) is 31.6 Å². The molecule has 0 heterocycles. The molecule has 0 radical (unpaired) electrons. The highest BCUT2D eigenvalue weighted by Crippen LogP contribution is 2.64. The van der Waals surface area contributed by atoms with E-state index in [2.05, 4.69) is 4.74 Å². The van der Waals surface area contributed by atoms with E-state index < -0.39 is 53.7 Å². The number of allylic oxidation sites excluding steroid dienone is 1. The third kappa shape index (κ3) is 6.94. The molecule has 3 rings (SSSR count). The lowest BCUT2D eigenvalue weighted by molar-refractivity contribution is -0.312. The number of esters is 2. The first-order chi connectivity index (χ1) is 18.8. The Bertz CT molecular complexity index is 1250. The lowest BCUT2D eigenvalue weighted by Gasteiger charge is -2.22. The van der Waals surface area contributed by atoms with Crippen molar-refractivity contribution in [2.45, 2.75) is 51.2 Å². The second-order valence-corrected chi connectivity index (χ2v) is 9.14. The second-order valence-electron chi connectivity index (χ2n) is 9.14. The van der Waals surface area contributed by atoms with Crippen molar-refractivity contribution in [1.82, 2.24) is 0 Å². The molecule has 2 aromatic carbocycles. The van der Waals surface area contributed by atoms with E-state index in [4.69, 9.17) is 9.47 Å². The van der Waals surface area contributed by atoms with Gasteiger partial charge in [-0.1, -0.05) is 50.3 Å². The number of rotatable bonds is 10. The highest BCUT2D eigenvalue weighted by molar-refractivity contribution is 5.84. The summed E-state index contributed by atoms with van der Waals surface area (Å²) in [5.74, 6) is -3.33. The summed E-state index contributed by atoms with van der Waals surface area (Å²) < 4.78 is 91.0. The maximum atomic E-state index is 13.1. The molecule has 12 heteroatoms. The average molecular weight is 569 g/mol. The molecular weight excluding hydrogens is 544 g/mol. The van der Waals surface area contributed by atoms with Crippen LogP contribution in [0, 0.1) is 28.6 Å². The number of carbonyl (C=O) groups excluding carboxylic acids is 2. The van der Waals surface area contributed by atoms with Gasteiger partial charge in [0.15, 0.2) is 0 Å². The van der Waals surface area contributed by atoms with E-state index in [1.807, 2.05) is 12.1 Å². The molecule has 0 N–H and O–H groups in total. The van der Waals surface area contributed by atoms with E-state index in [1.54, 1.807) is 56.3 Å². The van der Waals surface area contributed by atoms with Crippen LogP contribution in [0.4, 0.5) is 26.3 Å². The number of hydrogen-bond acceptors (Lipinski definition) is 6. The number of nitriles is 1. The van der Waals surface area contributed by atoms with Crippen LogP contribution in [0.25, 0.3) is 0 Å². The van der Waals surface area contributed by atoms with Crippen molar-refractivity contribution in [1.29, 1.82) is 5.26 Å². The van der Waals surface area contributed by atoms with Gasteiger partial charge >= 0.3 is 24.3 Å². The average Bonchev–Trinajstić information content (AvgIpc) is 3.56. The molecule has 2 aromatic rings. The summed E-state index contributed by atoms with van der Waals surface area (Å²) in [6.45, 7) is 3.48. The SMILES string of the molecule is CCC1(CC)[C@H](C(=O)O[C@H](C#N)c2cccc(Oc3ccccc3)c2)[C@@H]1/C=C\C(=O)OC(C(F)(F)F)C(F)(F)F. The zero-order chi connectivity index (χ0) is 29.7. The van der Waals surface area contributed by atoms with Gasteiger partial charge in [0.1, 0.15) is 17.6 Å². The highest BCUT2D eigenvalue weighted by atomic mass is 19.4. The summed E-state index contributed by atoms with van der Waals surface area (Å²) in [6, 6.07) is 17.1. The van der Waals surface area contributed by atoms with E-state index in [0.29, 0.717) is 36.0 Å². The molecule has 1 aliphatic carbocycles. The molecule has 0 aromatic heterocycles. The lowest BCUT2D eigenvalue weighted by Crippen LogP contribution is -2.45. The normalized spacial score (nSPS) is 19.1. The van der Waals surface area contributed by atoms with Crippen LogP contribution >= 0.6 is 0 Å². The molecule has 1 aliphatic rings. The number of para-hydroxylation sites is 1. The quantitative estimate of drug-likeness (QED) is 0.171. The third-order valence-corrected chi connectivity index (χ3v) is 6.86. The van der Waals surface area contributed by atoms with Gasteiger partial charge in [-0.25, -0.2) is 4.79 Å². The van der Waals surface area contributed by atoms with Crippen molar-refractivity contribution < 1.29 is 50.1 Å². The minimum absolute atomic E-state index is 0.324. The summed E-state index contributed by atoms with van der Waals surface area (Å²) in [7, 11) is 0. The molecule has 0 amide bonds. The van der Waals surface area contributed by atoms with Gasteiger partial charge in [-0.15, -0.1) is 0 Å². The summed E-state index contributed by atoms with van der Waals surface area (Å²) >= 11 is 0. The molecule has 1 saturated carbocycles. The van der Waals surface area contributed by atoms with Gasteiger partial charge in [0.05, 0.1) is 5.92 Å². The van der Waals surface area contributed by atoms with Gasteiger partial charge in [-0.3, -0.25) is 4.79 Å². The van der Waals surface area contributed by atoms with Crippen molar-refractivity contribution >= 4 is 11.9 Å². The molecule has 0 unspecified atom stereocenters. The fraction of sp³-hybridized carbons (Fsp3) is 0.393. The Hall–Kier alpha value is -4.01. The van der Waals surface area contributed by atoms with Gasteiger partial charge in [-0.05, 0) is 48.4 Å². The number of hydrogen-bond donors (Lipinski definition) is 0. The first kappa shape index (κ1) is 30.5. The molecule has 214 valence electrons. The van der Waals surface area contributed by atoms with Crippen LogP contribution in [0.3, 0.4) is 0 Å². The zero-order valence-corrected chi connectivity index (χ0v) is 21.3. The largest absolute Gasteiger partial charge is 0.457 e. The van der Waals surface area contributed by atoms with Crippen LogP contribution < -0.4 is 4.74 Å². The topological polar surface area (TPSA) is 85.6 Å². The van der Waals surface area contributed by atoms with E-state index in [0.717, 1.165) is 6.08 Å². The minimum atomic E-state index is -5.85. The molecule has 0 aliphatic heterocycles. The fourth-order valence-electron chi connectivity index (χ4n) is 4.75. The van der Waals surface area contributed by atoms with Crippen molar-refractivity contribution in [2.75, 3.05) is 0 Å².